The standard InChI is InChI=1S/C23H23BrClN5S/c24-19-13-27-30-22(11-21(28-23(19)30)18-7-1-2-8-20(18)25)26-12-16-5-3-9-29(14-16)15-17-6-4-10-31-17/h1-2,4,6-8,10-11,13,16,26H,3,5,9,12,14-15H2. The lowest BCUT2D eigenvalue weighted by Gasteiger charge is -2.32. The number of aromatic nitrogens is 3. The van der Waals surface area contributed by atoms with E-state index in [-0.39, 0.29) is 0 Å². The third-order valence-electron chi connectivity index (χ3n) is 5.71. The van der Waals surface area contributed by atoms with E-state index >= 15 is 0 Å². The number of likely N-dealkylation sites (tertiary alicyclic amines) is 1. The molecule has 5 nitrogen and oxygen atoms in total. The number of nitrogens with zero attached hydrogens (tertiary/aromatic N) is 4. The highest BCUT2D eigenvalue weighted by Gasteiger charge is 2.21. The Balaban J connectivity index is 1.35. The summed E-state index contributed by atoms with van der Waals surface area (Å²) in [6, 6.07) is 14.2. The van der Waals surface area contributed by atoms with Crippen LogP contribution in [-0.4, -0.2) is 39.1 Å². The van der Waals surface area contributed by atoms with E-state index in [2.05, 4.69) is 48.8 Å². The lowest BCUT2D eigenvalue weighted by molar-refractivity contribution is 0.174. The fourth-order valence-electron chi connectivity index (χ4n) is 4.20. The van der Waals surface area contributed by atoms with Crippen molar-refractivity contribution >= 4 is 50.3 Å². The van der Waals surface area contributed by atoms with Gasteiger partial charge in [0.25, 0.3) is 0 Å². The highest BCUT2D eigenvalue weighted by molar-refractivity contribution is 9.10. The molecule has 1 aromatic carbocycles. The molecule has 0 radical (unpaired) electrons. The average molecular weight is 517 g/mol. The number of hydrogen-bond acceptors (Lipinski definition) is 5. The van der Waals surface area contributed by atoms with E-state index in [1.165, 1.54) is 24.3 Å². The zero-order valence-electron chi connectivity index (χ0n) is 17.0. The maximum atomic E-state index is 6.45. The Morgan fingerprint density at radius 2 is 2.13 bits per heavy atom. The molecule has 1 aliphatic rings. The van der Waals surface area contributed by atoms with Crippen LogP contribution in [-0.2, 0) is 6.54 Å². The van der Waals surface area contributed by atoms with Crippen LogP contribution in [0.1, 0.15) is 17.7 Å². The van der Waals surface area contributed by atoms with Crippen molar-refractivity contribution in [3.63, 3.8) is 0 Å². The topological polar surface area (TPSA) is 45.5 Å². The maximum absolute atomic E-state index is 6.45. The second-order valence-electron chi connectivity index (χ2n) is 7.94. The smallest absolute Gasteiger partial charge is 0.172 e. The zero-order chi connectivity index (χ0) is 21.2. The van der Waals surface area contributed by atoms with E-state index in [9.17, 15) is 0 Å². The molecule has 0 bridgehead atoms. The molecule has 1 atom stereocenters. The molecule has 31 heavy (non-hydrogen) atoms. The van der Waals surface area contributed by atoms with Crippen LogP contribution >= 0.6 is 38.9 Å². The third kappa shape index (κ3) is 4.65. The summed E-state index contributed by atoms with van der Waals surface area (Å²) in [7, 11) is 0. The van der Waals surface area contributed by atoms with E-state index in [1.807, 2.05) is 46.2 Å². The summed E-state index contributed by atoms with van der Waals surface area (Å²) in [5.41, 5.74) is 2.54. The molecule has 4 aromatic rings. The zero-order valence-corrected chi connectivity index (χ0v) is 20.1. The summed E-state index contributed by atoms with van der Waals surface area (Å²) < 4.78 is 2.72. The molecule has 1 aliphatic heterocycles. The van der Waals surface area contributed by atoms with Crippen LogP contribution in [0.15, 0.2) is 58.5 Å². The van der Waals surface area contributed by atoms with Crippen molar-refractivity contribution in [2.75, 3.05) is 25.0 Å². The molecule has 4 heterocycles. The molecule has 0 spiro atoms. The van der Waals surface area contributed by atoms with Crippen molar-refractivity contribution in [3.05, 3.63) is 68.4 Å². The quantitative estimate of drug-likeness (QED) is 0.331. The number of rotatable bonds is 6. The van der Waals surface area contributed by atoms with Gasteiger partial charge in [-0.15, -0.1) is 11.3 Å². The molecular formula is C23H23BrClN5S. The Labute approximate surface area is 199 Å². The van der Waals surface area contributed by atoms with E-state index in [1.54, 1.807) is 6.20 Å². The molecule has 1 unspecified atom stereocenters. The van der Waals surface area contributed by atoms with Gasteiger partial charge in [-0.3, -0.25) is 4.90 Å². The Bertz CT molecular complexity index is 1180. The Morgan fingerprint density at radius 1 is 1.23 bits per heavy atom. The van der Waals surface area contributed by atoms with Crippen LogP contribution in [0.5, 0.6) is 0 Å². The summed E-state index contributed by atoms with van der Waals surface area (Å²) in [6.07, 6.45) is 4.26. The minimum atomic E-state index is 0.597. The van der Waals surface area contributed by atoms with Crippen molar-refractivity contribution in [3.8, 4) is 11.3 Å². The highest BCUT2D eigenvalue weighted by Crippen LogP contribution is 2.30. The van der Waals surface area contributed by atoms with Crippen molar-refractivity contribution in [2.45, 2.75) is 19.4 Å². The summed E-state index contributed by atoms with van der Waals surface area (Å²) in [4.78, 5) is 8.81. The number of nitrogens with one attached hydrogen (secondary N) is 1. The largest absolute Gasteiger partial charge is 0.370 e. The summed E-state index contributed by atoms with van der Waals surface area (Å²) in [6.45, 7) is 4.24. The van der Waals surface area contributed by atoms with Crippen LogP contribution in [0, 0.1) is 5.92 Å². The summed E-state index contributed by atoms with van der Waals surface area (Å²) in [5, 5.41) is 11.0. The second kappa shape index (κ2) is 9.28. The number of piperidine rings is 1. The molecule has 1 saturated heterocycles. The first-order valence-corrected chi connectivity index (χ1v) is 12.5. The van der Waals surface area contributed by atoms with Gasteiger partial charge < -0.3 is 5.32 Å². The summed E-state index contributed by atoms with van der Waals surface area (Å²) in [5.74, 6) is 1.53. The third-order valence-corrected chi connectivity index (χ3v) is 7.46. The van der Waals surface area contributed by atoms with Crippen LogP contribution in [0.3, 0.4) is 0 Å². The highest BCUT2D eigenvalue weighted by atomic mass is 79.9. The van der Waals surface area contributed by atoms with E-state index < -0.39 is 0 Å². The van der Waals surface area contributed by atoms with Crippen LogP contribution in [0.2, 0.25) is 5.02 Å². The molecule has 8 heteroatoms. The van der Waals surface area contributed by atoms with Gasteiger partial charge in [0.1, 0.15) is 5.82 Å². The molecule has 160 valence electrons. The van der Waals surface area contributed by atoms with E-state index in [4.69, 9.17) is 16.6 Å². The number of fused-ring (bicyclic) bond motifs is 1. The van der Waals surface area contributed by atoms with E-state index in [0.29, 0.717) is 10.9 Å². The number of halogens is 2. The molecular weight excluding hydrogens is 494 g/mol. The van der Waals surface area contributed by atoms with Crippen LogP contribution < -0.4 is 5.32 Å². The molecule has 3 aromatic heterocycles. The van der Waals surface area contributed by atoms with Gasteiger partial charge in [0, 0.05) is 41.2 Å². The number of anilines is 1. The molecule has 0 aliphatic carbocycles. The Kier molecular flexibility index (Phi) is 6.27. The lowest BCUT2D eigenvalue weighted by atomic mass is 9.98. The normalized spacial score (nSPS) is 17.3. The van der Waals surface area contributed by atoms with E-state index in [0.717, 1.165) is 46.8 Å². The first-order chi connectivity index (χ1) is 15.2. The van der Waals surface area contributed by atoms with Gasteiger partial charge in [0.2, 0.25) is 0 Å². The number of thiophene rings is 1. The monoisotopic (exact) mass is 515 g/mol. The first-order valence-electron chi connectivity index (χ1n) is 10.4. The van der Waals surface area contributed by atoms with Crippen LogP contribution in [0.25, 0.3) is 16.9 Å². The maximum Gasteiger partial charge on any atom is 0.172 e. The first kappa shape index (κ1) is 20.9. The molecule has 5 rings (SSSR count). The van der Waals surface area contributed by atoms with Gasteiger partial charge in [0.15, 0.2) is 5.65 Å². The predicted octanol–water partition coefficient (Wildman–Crippen LogP) is 6.20. The van der Waals surface area contributed by atoms with Crippen molar-refractivity contribution < 1.29 is 0 Å². The SMILES string of the molecule is Clc1ccccc1-c1cc(NCC2CCCN(Cc3cccs3)C2)n2ncc(Br)c2n1. The van der Waals surface area contributed by atoms with Gasteiger partial charge in [0.05, 0.1) is 16.4 Å². The minimum absolute atomic E-state index is 0.597. The van der Waals surface area contributed by atoms with Crippen molar-refractivity contribution in [1.82, 2.24) is 19.5 Å². The Morgan fingerprint density at radius 3 is 2.97 bits per heavy atom. The fraction of sp³-hybridized carbons (Fsp3) is 0.304. The van der Waals surface area contributed by atoms with Gasteiger partial charge >= 0.3 is 0 Å². The molecule has 0 amide bonds. The van der Waals surface area contributed by atoms with Crippen LogP contribution in [0.4, 0.5) is 5.82 Å². The lowest BCUT2D eigenvalue weighted by Crippen LogP contribution is -2.37. The molecule has 1 N–H and O–H groups in total. The Hall–Kier alpha value is -1.93. The number of benzene rings is 1. The fourth-order valence-corrected chi connectivity index (χ4v) is 5.53. The molecule has 0 saturated carbocycles. The van der Waals surface area contributed by atoms with Gasteiger partial charge in [-0.2, -0.15) is 9.61 Å². The number of hydrogen-bond donors (Lipinski definition) is 1. The average Bonchev–Trinajstić information content (AvgIpc) is 3.43. The minimum Gasteiger partial charge on any atom is -0.370 e. The molecule has 1 fully saturated rings. The van der Waals surface area contributed by atoms with Gasteiger partial charge in [-0.25, -0.2) is 4.98 Å². The van der Waals surface area contributed by atoms with Gasteiger partial charge in [-0.1, -0.05) is 35.9 Å². The second-order valence-corrected chi connectivity index (χ2v) is 10.2. The van der Waals surface area contributed by atoms with Crippen molar-refractivity contribution in [1.29, 1.82) is 0 Å². The van der Waals surface area contributed by atoms with Gasteiger partial charge in [-0.05, 0) is 58.7 Å². The predicted molar refractivity (Wildman–Crippen MR) is 132 cm³/mol. The van der Waals surface area contributed by atoms with Crippen molar-refractivity contribution in [2.24, 2.45) is 5.92 Å². The summed E-state index contributed by atoms with van der Waals surface area (Å²) >= 11 is 11.9.